The van der Waals surface area contributed by atoms with Gasteiger partial charge in [0.25, 0.3) is 6.43 Å². The maximum absolute atomic E-state index is 13.2. The van der Waals surface area contributed by atoms with Crippen LogP contribution in [0.3, 0.4) is 0 Å². The number of carbonyl (C=O) groups excluding carboxylic acids is 2. The fraction of sp³-hybridized carbons (Fsp3) is 0.292. The molecule has 0 unspecified atom stereocenters. The van der Waals surface area contributed by atoms with Gasteiger partial charge in [0.05, 0.1) is 25.0 Å². The van der Waals surface area contributed by atoms with Crippen LogP contribution in [0.25, 0.3) is 11.3 Å². The molecule has 0 saturated heterocycles. The minimum Gasteiger partial charge on any atom is -0.485 e. The Kier molecular flexibility index (Phi) is 6.39. The van der Waals surface area contributed by atoms with Crippen molar-refractivity contribution < 1.29 is 23.1 Å². The van der Waals surface area contributed by atoms with Crippen molar-refractivity contribution >= 4 is 11.8 Å². The number of rotatable bonds is 6. The first-order valence-corrected chi connectivity index (χ1v) is 10.5. The number of alkyl halides is 2. The van der Waals surface area contributed by atoms with Gasteiger partial charge in [0, 0.05) is 43.5 Å². The molecule has 0 fully saturated rings. The highest BCUT2D eigenvalue weighted by Gasteiger charge is 2.33. The Bertz CT molecular complexity index is 1160. The molecule has 0 spiro atoms. The molecule has 0 saturated carbocycles. The summed E-state index contributed by atoms with van der Waals surface area (Å²) >= 11 is 0. The normalized spacial score (nSPS) is 13.2. The predicted molar refractivity (Wildman–Crippen MR) is 119 cm³/mol. The summed E-state index contributed by atoms with van der Waals surface area (Å²) in [7, 11) is 3.26. The van der Waals surface area contributed by atoms with E-state index in [1.54, 1.807) is 26.4 Å². The molecule has 7 nitrogen and oxygen atoms in total. The number of carbonyl (C=O) groups is 2. The number of fused-ring (bicyclic) bond motifs is 1. The lowest BCUT2D eigenvalue weighted by Crippen LogP contribution is -2.44. The lowest BCUT2D eigenvalue weighted by atomic mass is 9.93. The van der Waals surface area contributed by atoms with Gasteiger partial charge < -0.3 is 19.5 Å². The molecule has 1 aromatic carbocycles. The SMILES string of the molecule is CN(C)C(=O)N1CC(=O)c2c([nH]c(-c3ccncc3OCC(F)F)c2Cc2ccccc2)C1. The van der Waals surface area contributed by atoms with Gasteiger partial charge in [-0.25, -0.2) is 13.6 Å². The number of aromatic amines is 1. The lowest BCUT2D eigenvalue weighted by Gasteiger charge is -2.29. The number of amides is 2. The zero-order valence-electron chi connectivity index (χ0n) is 18.3. The zero-order valence-corrected chi connectivity index (χ0v) is 18.3. The monoisotopic (exact) mass is 454 g/mol. The van der Waals surface area contributed by atoms with Gasteiger partial charge in [-0.1, -0.05) is 30.3 Å². The minimum atomic E-state index is -2.63. The van der Waals surface area contributed by atoms with Crippen molar-refractivity contribution in [2.75, 3.05) is 27.2 Å². The van der Waals surface area contributed by atoms with Crippen molar-refractivity contribution in [3.8, 4) is 17.0 Å². The minimum absolute atomic E-state index is 0.0336. The summed E-state index contributed by atoms with van der Waals surface area (Å²) < 4.78 is 30.9. The van der Waals surface area contributed by atoms with E-state index in [-0.39, 0.29) is 30.7 Å². The van der Waals surface area contributed by atoms with Crippen LogP contribution in [0.2, 0.25) is 0 Å². The van der Waals surface area contributed by atoms with Crippen molar-refractivity contribution in [3.63, 3.8) is 0 Å². The highest BCUT2D eigenvalue weighted by atomic mass is 19.3. The summed E-state index contributed by atoms with van der Waals surface area (Å²) in [5.41, 5.74) is 4.01. The molecule has 1 aliphatic heterocycles. The Balaban J connectivity index is 1.82. The number of ether oxygens (including phenoxy) is 1. The van der Waals surface area contributed by atoms with Crippen molar-refractivity contribution in [1.29, 1.82) is 0 Å². The van der Waals surface area contributed by atoms with Gasteiger partial charge in [0.2, 0.25) is 0 Å². The summed E-state index contributed by atoms with van der Waals surface area (Å²) in [6.07, 6.45) is 0.741. The molecule has 3 heterocycles. The highest BCUT2D eigenvalue weighted by Crippen LogP contribution is 2.37. The van der Waals surface area contributed by atoms with Crippen LogP contribution in [0.5, 0.6) is 5.75 Å². The van der Waals surface area contributed by atoms with Gasteiger partial charge in [-0.05, 0) is 17.2 Å². The summed E-state index contributed by atoms with van der Waals surface area (Å²) in [5, 5.41) is 0. The lowest BCUT2D eigenvalue weighted by molar-refractivity contribution is 0.0820. The quantitative estimate of drug-likeness (QED) is 0.611. The van der Waals surface area contributed by atoms with Crippen molar-refractivity contribution in [2.24, 2.45) is 0 Å². The van der Waals surface area contributed by atoms with E-state index < -0.39 is 13.0 Å². The first-order valence-electron chi connectivity index (χ1n) is 10.5. The number of benzene rings is 1. The van der Waals surface area contributed by atoms with Crippen LogP contribution in [0.1, 0.15) is 27.2 Å². The molecule has 172 valence electrons. The second-order valence-electron chi connectivity index (χ2n) is 8.02. The number of Topliss-reactive ketones (excluding diaryl/α,β-unsaturated/α-hetero) is 1. The number of halogens is 2. The first-order chi connectivity index (χ1) is 15.8. The molecule has 9 heteroatoms. The van der Waals surface area contributed by atoms with E-state index in [2.05, 4.69) is 9.97 Å². The number of nitrogens with zero attached hydrogens (tertiary/aromatic N) is 3. The number of hydrogen-bond acceptors (Lipinski definition) is 4. The molecule has 0 aliphatic carbocycles. The molecular weight excluding hydrogens is 430 g/mol. The third kappa shape index (κ3) is 4.72. The van der Waals surface area contributed by atoms with E-state index >= 15 is 0 Å². The molecule has 33 heavy (non-hydrogen) atoms. The smallest absolute Gasteiger partial charge is 0.320 e. The third-order valence-corrected chi connectivity index (χ3v) is 5.44. The van der Waals surface area contributed by atoms with Crippen LogP contribution < -0.4 is 4.74 Å². The van der Waals surface area contributed by atoms with Gasteiger partial charge in [-0.2, -0.15) is 0 Å². The van der Waals surface area contributed by atoms with Gasteiger partial charge in [-0.15, -0.1) is 0 Å². The highest BCUT2D eigenvalue weighted by molar-refractivity contribution is 6.04. The van der Waals surface area contributed by atoms with Crippen LogP contribution in [-0.4, -0.2) is 65.3 Å². The summed E-state index contributed by atoms with van der Waals surface area (Å²) in [6, 6.07) is 11.1. The van der Waals surface area contributed by atoms with Gasteiger partial charge in [-0.3, -0.25) is 9.78 Å². The Morgan fingerprint density at radius 3 is 2.67 bits per heavy atom. The number of pyridine rings is 1. The topological polar surface area (TPSA) is 78.5 Å². The number of hydrogen-bond donors (Lipinski definition) is 1. The van der Waals surface area contributed by atoms with E-state index in [9.17, 15) is 18.4 Å². The van der Waals surface area contributed by atoms with Gasteiger partial charge >= 0.3 is 6.03 Å². The first kappa shape index (κ1) is 22.4. The van der Waals surface area contributed by atoms with Crippen LogP contribution in [0.15, 0.2) is 48.8 Å². The molecule has 2 amide bonds. The average Bonchev–Trinajstić information content (AvgIpc) is 3.16. The molecule has 0 radical (unpaired) electrons. The maximum atomic E-state index is 13.2. The fourth-order valence-corrected chi connectivity index (χ4v) is 4.03. The molecule has 3 aromatic rings. The predicted octanol–water partition coefficient (Wildman–Crippen LogP) is 3.99. The Hall–Kier alpha value is -3.75. The van der Waals surface area contributed by atoms with Crippen LogP contribution >= 0.6 is 0 Å². The summed E-state index contributed by atoms with van der Waals surface area (Å²) in [4.78, 5) is 35.9. The number of nitrogens with one attached hydrogen (secondary N) is 1. The summed E-state index contributed by atoms with van der Waals surface area (Å²) in [5.74, 6) is 0.0170. The van der Waals surface area contributed by atoms with Gasteiger partial charge in [0.15, 0.2) is 5.78 Å². The van der Waals surface area contributed by atoms with Crippen LogP contribution in [0.4, 0.5) is 13.6 Å². The number of H-pyrrole nitrogens is 1. The molecule has 4 rings (SSSR count). The molecule has 0 atom stereocenters. The Morgan fingerprint density at radius 1 is 1.21 bits per heavy atom. The molecule has 0 bridgehead atoms. The van der Waals surface area contributed by atoms with E-state index in [4.69, 9.17) is 4.74 Å². The van der Waals surface area contributed by atoms with Gasteiger partial charge in [0.1, 0.15) is 12.4 Å². The average molecular weight is 454 g/mol. The second kappa shape index (κ2) is 9.40. The largest absolute Gasteiger partial charge is 0.485 e. The van der Waals surface area contributed by atoms with E-state index in [0.29, 0.717) is 28.9 Å². The van der Waals surface area contributed by atoms with E-state index in [0.717, 1.165) is 11.1 Å². The zero-order chi connectivity index (χ0) is 23.5. The van der Waals surface area contributed by atoms with E-state index in [1.807, 2.05) is 30.3 Å². The van der Waals surface area contributed by atoms with Crippen molar-refractivity contribution in [1.82, 2.24) is 19.8 Å². The summed E-state index contributed by atoms with van der Waals surface area (Å²) in [6.45, 7) is -0.566. The number of urea groups is 1. The van der Waals surface area contributed by atoms with Crippen molar-refractivity contribution in [3.05, 3.63) is 71.2 Å². The maximum Gasteiger partial charge on any atom is 0.320 e. The molecular formula is C24H24F2N4O3. The Morgan fingerprint density at radius 2 is 1.97 bits per heavy atom. The molecule has 1 N–H and O–H groups in total. The van der Waals surface area contributed by atoms with Crippen molar-refractivity contribution in [2.45, 2.75) is 19.4 Å². The van der Waals surface area contributed by atoms with Crippen LogP contribution in [-0.2, 0) is 13.0 Å². The van der Waals surface area contributed by atoms with E-state index in [1.165, 1.54) is 16.0 Å². The second-order valence-corrected chi connectivity index (χ2v) is 8.02. The third-order valence-electron chi connectivity index (χ3n) is 5.44. The number of aromatic nitrogens is 2. The number of ketones is 1. The Labute approximate surface area is 190 Å². The standard InChI is InChI=1S/C24H24F2N4O3/c1-29(2)24(32)30-12-18-22(19(31)13-30)17(10-15-6-4-3-5-7-15)23(28-18)16-8-9-27-11-20(16)33-14-21(25)26/h3-9,11,21,28H,10,12-14H2,1-2H3. The molecule has 2 aromatic heterocycles. The van der Waals surface area contributed by atoms with Crippen LogP contribution in [0, 0.1) is 0 Å². The fourth-order valence-electron chi connectivity index (χ4n) is 4.03. The molecule has 1 aliphatic rings.